The maximum absolute atomic E-state index is 12.1. The smallest absolute Gasteiger partial charge is 0.321 e. The van der Waals surface area contributed by atoms with Crippen LogP contribution in [-0.2, 0) is 0 Å². The van der Waals surface area contributed by atoms with Gasteiger partial charge in [-0.2, -0.15) is 0 Å². The summed E-state index contributed by atoms with van der Waals surface area (Å²) in [4.78, 5) is 21.2. The van der Waals surface area contributed by atoms with Gasteiger partial charge in [-0.3, -0.25) is 10.3 Å². The molecule has 2 N–H and O–H groups in total. The molecule has 3 rings (SSSR count). The number of nitrogens with zero attached hydrogens (tertiary/aromatic N) is 2. The van der Waals surface area contributed by atoms with Crippen LogP contribution < -0.4 is 15.4 Å². The van der Waals surface area contributed by atoms with Crippen molar-refractivity contribution in [2.75, 3.05) is 18.5 Å². The molecule has 154 valence electrons. The zero-order valence-electron chi connectivity index (χ0n) is 17.2. The molecule has 0 aliphatic carbocycles. The molecule has 2 aromatic heterocycles. The summed E-state index contributed by atoms with van der Waals surface area (Å²) < 4.78 is 5.66. The number of hydrogen-bond donors (Lipinski definition) is 2. The average molecular weight is 421 g/mol. The standard InChI is InChI=1S/C23H24N4O2S/c1-16(2)19-5-7-20(8-6-19)29-15-14-25-22(28)27-23-26-17(3)21(30-23)9-4-18-10-12-24-13-11-18/h5-8,10-13,16H,14-15H2,1-3H3,(H2,25,26,27,28). The van der Waals surface area contributed by atoms with Crippen LogP contribution in [0.3, 0.4) is 0 Å². The van der Waals surface area contributed by atoms with Gasteiger partial charge in [-0.15, -0.1) is 0 Å². The van der Waals surface area contributed by atoms with Crippen molar-refractivity contribution >= 4 is 22.5 Å². The van der Waals surface area contributed by atoms with Gasteiger partial charge in [0.15, 0.2) is 5.13 Å². The van der Waals surface area contributed by atoms with E-state index >= 15 is 0 Å². The van der Waals surface area contributed by atoms with E-state index in [4.69, 9.17) is 4.74 Å². The first-order valence-electron chi connectivity index (χ1n) is 9.68. The third-order valence-corrected chi connectivity index (χ3v) is 5.21. The number of aryl methyl sites for hydroxylation is 1. The van der Waals surface area contributed by atoms with Crippen molar-refractivity contribution in [1.29, 1.82) is 0 Å². The summed E-state index contributed by atoms with van der Waals surface area (Å²) in [5.41, 5.74) is 2.93. The van der Waals surface area contributed by atoms with Crippen molar-refractivity contribution in [3.63, 3.8) is 0 Å². The summed E-state index contributed by atoms with van der Waals surface area (Å²) >= 11 is 1.34. The summed E-state index contributed by atoms with van der Waals surface area (Å²) in [6.07, 6.45) is 3.40. The molecule has 0 bridgehead atoms. The van der Waals surface area contributed by atoms with Gasteiger partial charge >= 0.3 is 6.03 Å². The molecule has 0 saturated heterocycles. The molecule has 6 nitrogen and oxygen atoms in total. The lowest BCUT2D eigenvalue weighted by atomic mass is 10.0. The number of nitrogens with one attached hydrogen (secondary N) is 2. The maximum Gasteiger partial charge on any atom is 0.321 e. The SMILES string of the molecule is Cc1nc(NC(=O)NCCOc2ccc(C(C)C)cc2)sc1C#Cc1ccncc1. The molecular formula is C23H24N4O2S. The Balaban J connectivity index is 1.44. The molecule has 0 radical (unpaired) electrons. The van der Waals surface area contributed by atoms with Gasteiger partial charge < -0.3 is 10.1 Å². The number of pyridine rings is 1. The van der Waals surface area contributed by atoms with E-state index in [0.29, 0.717) is 24.2 Å². The second kappa shape index (κ2) is 10.4. The van der Waals surface area contributed by atoms with Gasteiger partial charge in [0.1, 0.15) is 17.2 Å². The molecule has 0 atom stereocenters. The van der Waals surface area contributed by atoms with Crippen molar-refractivity contribution in [3.05, 3.63) is 70.5 Å². The van der Waals surface area contributed by atoms with E-state index < -0.39 is 0 Å². The lowest BCUT2D eigenvalue weighted by Crippen LogP contribution is -2.32. The monoisotopic (exact) mass is 420 g/mol. The number of carbonyl (C=O) groups is 1. The van der Waals surface area contributed by atoms with Crippen LogP contribution in [0.15, 0.2) is 48.8 Å². The third kappa shape index (κ3) is 6.33. The van der Waals surface area contributed by atoms with Crippen molar-refractivity contribution in [2.45, 2.75) is 26.7 Å². The molecule has 0 aliphatic heterocycles. The predicted molar refractivity (Wildman–Crippen MR) is 120 cm³/mol. The Labute approximate surface area is 180 Å². The fourth-order valence-electron chi connectivity index (χ4n) is 2.55. The number of rotatable bonds is 6. The highest BCUT2D eigenvalue weighted by molar-refractivity contribution is 7.16. The van der Waals surface area contributed by atoms with Crippen LogP contribution in [-0.4, -0.2) is 29.2 Å². The average Bonchev–Trinajstić information content (AvgIpc) is 3.09. The number of aromatic nitrogens is 2. The number of anilines is 1. The Morgan fingerprint density at radius 2 is 1.87 bits per heavy atom. The minimum absolute atomic E-state index is 0.323. The molecule has 2 amide bonds. The van der Waals surface area contributed by atoms with Gasteiger partial charge in [0.05, 0.1) is 12.2 Å². The Morgan fingerprint density at radius 1 is 1.13 bits per heavy atom. The molecule has 2 heterocycles. The van der Waals surface area contributed by atoms with Gasteiger partial charge in [-0.1, -0.05) is 43.2 Å². The highest BCUT2D eigenvalue weighted by atomic mass is 32.1. The molecule has 0 spiro atoms. The zero-order chi connectivity index (χ0) is 21.3. The van der Waals surface area contributed by atoms with E-state index in [1.165, 1.54) is 16.9 Å². The van der Waals surface area contributed by atoms with E-state index in [1.54, 1.807) is 12.4 Å². The van der Waals surface area contributed by atoms with Gasteiger partial charge in [0, 0.05) is 18.0 Å². The van der Waals surface area contributed by atoms with E-state index in [9.17, 15) is 4.79 Å². The van der Waals surface area contributed by atoms with Gasteiger partial charge in [-0.25, -0.2) is 9.78 Å². The van der Waals surface area contributed by atoms with E-state index in [2.05, 4.69) is 58.4 Å². The van der Waals surface area contributed by atoms with E-state index in [0.717, 1.165) is 21.9 Å². The van der Waals surface area contributed by atoms with Gasteiger partial charge in [0.2, 0.25) is 0 Å². The largest absolute Gasteiger partial charge is 0.492 e. The van der Waals surface area contributed by atoms with Crippen molar-refractivity contribution in [2.24, 2.45) is 0 Å². The van der Waals surface area contributed by atoms with Crippen LogP contribution >= 0.6 is 11.3 Å². The topological polar surface area (TPSA) is 76.1 Å². The number of carbonyl (C=O) groups excluding carboxylic acids is 1. The summed E-state index contributed by atoms with van der Waals surface area (Å²) in [5, 5.41) is 6.02. The van der Waals surface area contributed by atoms with Gasteiger partial charge in [0.25, 0.3) is 0 Å². The maximum atomic E-state index is 12.1. The first-order valence-corrected chi connectivity index (χ1v) is 10.5. The van der Waals surface area contributed by atoms with E-state index in [-0.39, 0.29) is 6.03 Å². The summed E-state index contributed by atoms with van der Waals surface area (Å²) in [7, 11) is 0. The van der Waals surface area contributed by atoms with Crippen LogP contribution in [0.2, 0.25) is 0 Å². The lowest BCUT2D eigenvalue weighted by molar-refractivity contribution is 0.247. The Hall–Kier alpha value is -3.37. The Morgan fingerprint density at radius 3 is 2.57 bits per heavy atom. The van der Waals surface area contributed by atoms with Crippen LogP contribution in [0.4, 0.5) is 9.93 Å². The highest BCUT2D eigenvalue weighted by Gasteiger charge is 2.09. The number of ether oxygens (including phenoxy) is 1. The lowest BCUT2D eigenvalue weighted by Gasteiger charge is -2.09. The van der Waals surface area contributed by atoms with Crippen LogP contribution in [0.5, 0.6) is 5.75 Å². The van der Waals surface area contributed by atoms with Crippen molar-refractivity contribution in [3.8, 4) is 17.6 Å². The molecule has 30 heavy (non-hydrogen) atoms. The summed E-state index contributed by atoms with van der Waals surface area (Å²) in [6.45, 7) is 6.94. The minimum Gasteiger partial charge on any atom is -0.492 e. The molecule has 3 aromatic rings. The molecule has 7 heteroatoms. The molecule has 0 aliphatic rings. The highest BCUT2D eigenvalue weighted by Crippen LogP contribution is 2.21. The molecular weight excluding hydrogens is 396 g/mol. The fourth-order valence-corrected chi connectivity index (χ4v) is 3.37. The minimum atomic E-state index is -0.323. The van der Waals surface area contributed by atoms with Crippen LogP contribution in [0, 0.1) is 18.8 Å². The van der Waals surface area contributed by atoms with Crippen LogP contribution in [0.1, 0.15) is 41.5 Å². The third-order valence-electron chi connectivity index (χ3n) is 4.22. The summed E-state index contributed by atoms with van der Waals surface area (Å²) in [6, 6.07) is 11.4. The normalized spacial score (nSPS) is 10.3. The second-order valence-corrected chi connectivity index (χ2v) is 7.87. The number of benzene rings is 1. The van der Waals surface area contributed by atoms with Crippen molar-refractivity contribution < 1.29 is 9.53 Å². The molecule has 0 fully saturated rings. The second-order valence-electron chi connectivity index (χ2n) is 6.87. The Bertz CT molecular complexity index is 1030. The number of urea groups is 1. The summed E-state index contributed by atoms with van der Waals surface area (Å²) in [5.74, 6) is 7.44. The van der Waals surface area contributed by atoms with Crippen molar-refractivity contribution in [1.82, 2.24) is 15.3 Å². The number of thiazole rings is 1. The quantitative estimate of drug-likeness (QED) is 0.452. The zero-order valence-corrected chi connectivity index (χ0v) is 18.0. The predicted octanol–water partition coefficient (Wildman–Crippen LogP) is 4.57. The van der Waals surface area contributed by atoms with Crippen LogP contribution in [0.25, 0.3) is 0 Å². The molecule has 0 saturated carbocycles. The first kappa shape index (κ1) is 21.3. The van der Waals surface area contributed by atoms with E-state index in [1.807, 2.05) is 31.2 Å². The number of hydrogen-bond acceptors (Lipinski definition) is 5. The van der Waals surface area contributed by atoms with Gasteiger partial charge in [-0.05, 0) is 48.6 Å². The first-order chi connectivity index (χ1) is 14.5. The molecule has 1 aromatic carbocycles. The number of amides is 2. The Kier molecular flexibility index (Phi) is 7.41. The molecule has 0 unspecified atom stereocenters. The fraction of sp³-hybridized carbons (Fsp3) is 0.261.